The molecule has 1 aliphatic rings. The molecule has 0 atom stereocenters. The van der Waals surface area contributed by atoms with Crippen LogP contribution in [0.2, 0.25) is 0 Å². The monoisotopic (exact) mass is 233 g/mol. The van der Waals surface area contributed by atoms with Gasteiger partial charge >= 0.3 is 0 Å². The quantitative estimate of drug-likeness (QED) is 0.748. The summed E-state index contributed by atoms with van der Waals surface area (Å²) in [5.74, 6) is -0.111. The predicted molar refractivity (Wildman–Crippen MR) is 63.0 cm³/mol. The Hall–Kier alpha value is -1.75. The smallest absolute Gasteiger partial charge is 0.272 e. The number of hydrogen-bond donors (Lipinski definition) is 1. The Labute approximate surface area is 99.8 Å². The molecule has 0 bridgehead atoms. The Morgan fingerprint density at radius 1 is 1.29 bits per heavy atom. The largest absolute Gasteiger partial charge is 0.335 e. The van der Waals surface area contributed by atoms with E-state index in [0.29, 0.717) is 24.3 Å². The molecular formula is C12H15N3O2. The zero-order valence-corrected chi connectivity index (χ0v) is 9.77. The van der Waals surface area contributed by atoms with E-state index in [2.05, 4.69) is 10.3 Å². The van der Waals surface area contributed by atoms with Crippen molar-refractivity contribution >= 4 is 11.7 Å². The van der Waals surface area contributed by atoms with E-state index >= 15 is 0 Å². The van der Waals surface area contributed by atoms with Crippen LogP contribution in [0.3, 0.4) is 0 Å². The summed E-state index contributed by atoms with van der Waals surface area (Å²) in [7, 11) is 0. The molecular weight excluding hydrogens is 218 g/mol. The molecule has 2 rings (SSSR count). The van der Waals surface area contributed by atoms with Crippen molar-refractivity contribution in [3.8, 4) is 0 Å². The molecule has 1 amide bonds. The number of nitrogens with zero attached hydrogens (tertiary/aromatic N) is 2. The lowest BCUT2D eigenvalue weighted by molar-refractivity contribution is 0.0729. The molecule has 0 unspecified atom stereocenters. The normalized spacial score (nSPS) is 15.7. The standard InChI is InChI=1S/C12H15N3O2/c1-9(16)10-2-3-11(14-8-10)12(17)15-6-4-13-5-7-15/h2-3,8,13H,4-7H2,1H3. The highest BCUT2D eigenvalue weighted by molar-refractivity contribution is 5.96. The number of carbonyl (C=O) groups excluding carboxylic acids is 2. The number of carbonyl (C=O) groups is 2. The van der Waals surface area contributed by atoms with E-state index in [-0.39, 0.29) is 11.7 Å². The first-order chi connectivity index (χ1) is 8.18. The van der Waals surface area contributed by atoms with Gasteiger partial charge in [0.15, 0.2) is 5.78 Å². The number of piperazine rings is 1. The average molecular weight is 233 g/mol. The van der Waals surface area contributed by atoms with Crippen LogP contribution >= 0.6 is 0 Å². The van der Waals surface area contributed by atoms with Gasteiger partial charge in [0, 0.05) is 37.9 Å². The molecule has 1 aromatic heterocycles. The number of amides is 1. The molecule has 1 fully saturated rings. The number of ketones is 1. The van der Waals surface area contributed by atoms with E-state index in [1.54, 1.807) is 17.0 Å². The first-order valence-corrected chi connectivity index (χ1v) is 5.65. The lowest BCUT2D eigenvalue weighted by Crippen LogP contribution is -2.46. The van der Waals surface area contributed by atoms with Crippen molar-refractivity contribution in [1.82, 2.24) is 15.2 Å². The molecule has 0 spiro atoms. The average Bonchev–Trinajstić information content (AvgIpc) is 2.39. The number of pyridine rings is 1. The first kappa shape index (κ1) is 11.7. The molecule has 1 saturated heterocycles. The highest BCUT2D eigenvalue weighted by Crippen LogP contribution is 2.05. The SMILES string of the molecule is CC(=O)c1ccc(C(=O)N2CCNCC2)nc1. The van der Waals surface area contributed by atoms with E-state index in [0.717, 1.165) is 13.1 Å². The van der Waals surface area contributed by atoms with Gasteiger partial charge in [-0.3, -0.25) is 14.6 Å². The van der Waals surface area contributed by atoms with Gasteiger partial charge in [0.2, 0.25) is 0 Å². The van der Waals surface area contributed by atoms with Crippen LogP contribution in [0.4, 0.5) is 0 Å². The van der Waals surface area contributed by atoms with Crippen LogP contribution < -0.4 is 5.32 Å². The number of aromatic nitrogens is 1. The minimum Gasteiger partial charge on any atom is -0.335 e. The van der Waals surface area contributed by atoms with Crippen LogP contribution in [0, 0.1) is 0 Å². The fraction of sp³-hybridized carbons (Fsp3) is 0.417. The zero-order chi connectivity index (χ0) is 12.3. The van der Waals surface area contributed by atoms with E-state index in [1.165, 1.54) is 13.1 Å². The molecule has 5 heteroatoms. The molecule has 1 aromatic rings. The van der Waals surface area contributed by atoms with Crippen molar-refractivity contribution < 1.29 is 9.59 Å². The summed E-state index contributed by atoms with van der Waals surface area (Å²) < 4.78 is 0. The lowest BCUT2D eigenvalue weighted by Gasteiger charge is -2.27. The minimum atomic E-state index is -0.0680. The Bertz CT molecular complexity index is 422. The molecule has 17 heavy (non-hydrogen) atoms. The van der Waals surface area contributed by atoms with Gasteiger partial charge in [-0.2, -0.15) is 0 Å². The maximum atomic E-state index is 12.0. The molecule has 0 aromatic carbocycles. The van der Waals surface area contributed by atoms with Crippen LogP contribution in [-0.2, 0) is 0 Å². The molecule has 0 aliphatic carbocycles. The molecule has 2 heterocycles. The van der Waals surface area contributed by atoms with Crippen molar-refractivity contribution in [1.29, 1.82) is 0 Å². The Kier molecular flexibility index (Phi) is 3.49. The topological polar surface area (TPSA) is 62.3 Å². The second-order valence-electron chi connectivity index (χ2n) is 4.03. The number of Topliss-reactive ketones (excluding diaryl/α,β-unsaturated/α-hetero) is 1. The molecule has 5 nitrogen and oxygen atoms in total. The zero-order valence-electron chi connectivity index (χ0n) is 9.77. The summed E-state index contributed by atoms with van der Waals surface area (Å²) in [6, 6.07) is 3.26. The van der Waals surface area contributed by atoms with Gasteiger partial charge < -0.3 is 10.2 Å². The fourth-order valence-corrected chi connectivity index (χ4v) is 1.76. The predicted octanol–water partition coefficient (Wildman–Crippen LogP) is 0.330. The third kappa shape index (κ3) is 2.68. The van der Waals surface area contributed by atoms with Crippen LogP contribution in [0.1, 0.15) is 27.8 Å². The van der Waals surface area contributed by atoms with Crippen LogP contribution in [0.25, 0.3) is 0 Å². The van der Waals surface area contributed by atoms with Crippen LogP contribution in [0.5, 0.6) is 0 Å². The van der Waals surface area contributed by atoms with Crippen molar-refractivity contribution in [3.05, 3.63) is 29.6 Å². The number of nitrogens with one attached hydrogen (secondary N) is 1. The number of rotatable bonds is 2. The van der Waals surface area contributed by atoms with Gasteiger partial charge in [-0.25, -0.2) is 0 Å². The summed E-state index contributed by atoms with van der Waals surface area (Å²) in [6.07, 6.45) is 1.46. The maximum absolute atomic E-state index is 12.0. The van der Waals surface area contributed by atoms with Crippen molar-refractivity contribution in [2.24, 2.45) is 0 Å². The maximum Gasteiger partial charge on any atom is 0.272 e. The van der Waals surface area contributed by atoms with Gasteiger partial charge in [0.05, 0.1) is 0 Å². The molecule has 1 N–H and O–H groups in total. The Morgan fingerprint density at radius 2 is 2.00 bits per heavy atom. The molecule has 0 radical (unpaired) electrons. The van der Waals surface area contributed by atoms with Gasteiger partial charge in [-0.05, 0) is 19.1 Å². The van der Waals surface area contributed by atoms with E-state index in [9.17, 15) is 9.59 Å². The highest BCUT2D eigenvalue weighted by Gasteiger charge is 2.18. The summed E-state index contributed by atoms with van der Waals surface area (Å²) >= 11 is 0. The second-order valence-corrected chi connectivity index (χ2v) is 4.03. The molecule has 1 aliphatic heterocycles. The second kappa shape index (κ2) is 5.05. The van der Waals surface area contributed by atoms with Crippen LogP contribution in [0.15, 0.2) is 18.3 Å². The first-order valence-electron chi connectivity index (χ1n) is 5.65. The van der Waals surface area contributed by atoms with E-state index < -0.39 is 0 Å². The summed E-state index contributed by atoms with van der Waals surface area (Å²) in [6.45, 7) is 4.52. The van der Waals surface area contributed by atoms with Gasteiger partial charge in [-0.1, -0.05) is 0 Å². The summed E-state index contributed by atoms with van der Waals surface area (Å²) in [4.78, 5) is 28.9. The van der Waals surface area contributed by atoms with Gasteiger partial charge in [0.1, 0.15) is 5.69 Å². The van der Waals surface area contributed by atoms with Crippen LogP contribution in [-0.4, -0.2) is 47.8 Å². The lowest BCUT2D eigenvalue weighted by atomic mass is 10.2. The summed E-state index contributed by atoms with van der Waals surface area (Å²) in [5, 5.41) is 3.19. The Morgan fingerprint density at radius 3 is 2.53 bits per heavy atom. The highest BCUT2D eigenvalue weighted by atomic mass is 16.2. The molecule has 0 saturated carbocycles. The van der Waals surface area contributed by atoms with E-state index in [1.807, 2.05) is 0 Å². The van der Waals surface area contributed by atoms with Gasteiger partial charge in [-0.15, -0.1) is 0 Å². The number of hydrogen-bond acceptors (Lipinski definition) is 4. The van der Waals surface area contributed by atoms with Crippen molar-refractivity contribution in [2.75, 3.05) is 26.2 Å². The van der Waals surface area contributed by atoms with Gasteiger partial charge in [0.25, 0.3) is 5.91 Å². The Balaban J connectivity index is 2.10. The van der Waals surface area contributed by atoms with Crippen molar-refractivity contribution in [2.45, 2.75) is 6.92 Å². The third-order valence-corrected chi connectivity index (χ3v) is 2.79. The minimum absolute atomic E-state index is 0.0429. The van der Waals surface area contributed by atoms with E-state index in [4.69, 9.17) is 0 Å². The fourth-order valence-electron chi connectivity index (χ4n) is 1.76. The third-order valence-electron chi connectivity index (χ3n) is 2.79. The van der Waals surface area contributed by atoms with Crippen molar-refractivity contribution in [3.63, 3.8) is 0 Å². The summed E-state index contributed by atoms with van der Waals surface area (Å²) in [5.41, 5.74) is 0.929. The molecule has 90 valence electrons.